The molecule has 2 aromatic rings. The summed E-state index contributed by atoms with van der Waals surface area (Å²) < 4.78 is 6.40. The molecule has 1 aromatic heterocycles. The van der Waals surface area contributed by atoms with E-state index in [0.29, 0.717) is 11.1 Å². The number of carboxylic acid groups (broad SMARTS) is 1. The fourth-order valence-electron chi connectivity index (χ4n) is 1.80. The third-order valence-electron chi connectivity index (χ3n) is 2.56. The first-order valence-corrected chi connectivity index (χ1v) is 6.18. The Kier molecular flexibility index (Phi) is 3.48. The molecule has 0 bridgehead atoms. The predicted molar refractivity (Wildman–Crippen MR) is 72.7 cm³/mol. The molecule has 0 saturated carbocycles. The molecule has 0 unspecified atom stereocenters. The highest BCUT2D eigenvalue weighted by atomic mass is 16.6. The van der Waals surface area contributed by atoms with Crippen LogP contribution < -0.4 is 0 Å². The molecule has 106 valence electrons. The van der Waals surface area contributed by atoms with Crippen molar-refractivity contribution < 1.29 is 19.4 Å². The summed E-state index contributed by atoms with van der Waals surface area (Å²) in [7, 11) is 0. The van der Waals surface area contributed by atoms with E-state index in [2.05, 4.69) is 5.10 Å². The van der Waals surface area contributed by atoms with Crippen LogP contribution in [0.3, 0.4) is 0 Å². The number of carboxylic acids is 1. The number of ether oxygens (including phenoxy) is 1. The van der Waals surface area contributed by atoms with Gasteiger partial charge in [0.1, 0.15) is 5.60 Å². The fourth-order valence-corrected chi connectivity index (χ4v) is 1.80. The van der Waals surface area contributed by atoms with Gasteiger partial charge in [-0.2, -0.15) is 9.78 Å². The second-order valence-corrected chi connectivity index (χ2v) is 5.50. The molecule has 6 heteroatoms. The van der Waals surface area contributed by atoms with Crippen LogP contribution >= 0.6 is 0 Å². The van der Waals surface area contributed by atoms with Crippen molar-refractivity contribution in [2.75, 3.05) is 0 Å². The molecule has 0 saturated heterocycles. The van der Waals surface area contributed by atoms with Crippen molar-refractivity contribution in [1.82, 2.24) is 9.78 Å². The Labute approximate surface area is 116 Å². The van der Waals surface area contributed by atoms with E-state index >= 15 is 0 Å². The molecule has 0 spiro atoms. The van der Waals surface area contributed by atoms with Gasteiger partial charge in [0.2, 0.25) is 0 Å². The van der Waals surface area contributed by atoms with Gasteiger partial charge >= 0.3 is 12.1 Å². The normalized spacial score (nSPS) is 11.6. The summed E-state index contributed by atoms with van der Waals surface area (Å²) in [6.07, 6.45) is 0.860. The Hall–Kier alpha value is -2.37. The van der Waals surface area contributed by atoms with E-state index in [4.69, 9.17) is 9.84 Å². The van der Waals surface area contributed by atoms with Gasteiger partial charge in [0.25, 0.3) is 0 Å². The van der Waals surface area contributed by atoms with Gasteiger partial charge in [-0.1, -0.05) is 12.1 Å². The second-order valence-electron chi connectivity index (χ2n) is 5.50. The number of benzene rings is 1. The molecule has 1 N–H and O–H groups in total. The summed E-state index contributed by atoms with van der Waals surface area (Å²) in [6, 6.07) is 5.08. The van der Waals surface area contributed by atoms with Crippen LogP contribution in [0.25, 0.3) is 10.9 Å². The van der Waals surface area contributed by atoms with Crippen LogP contribution in [0, 0.1) is 0 Å². The number of hydrogen-bond acceptors (Lipinski definition) is 4. The molecule has 6 nitrogen and oxygen atoms in total. The zero-order valence-corrected chi connectivity index (χ0v) is 11.6. The van der Waals surface area contributed by atoms with Gasteiger partial charge in [0.05, 0.1) is 18.1 Å². The third kappa shape index (κ3) is 3.14. The Balaban J connectivity index is 2.39. The standard InChI is InChI=1S/C14H16N2O4/c1-14(2,3)20-13(19)16-11-6-9(7-12(17)18)4-5-10(11)8-15-16/h4-6,8H,7H2,1-3H3,(H,17,18). The Morgan fingerprint density at radius 3 is 2.65 bits per heavy atom. The summed E-state index contributed by atoms with van der Waals surface area (Å²) in [5.41, 5.74) is 0.530. The van der Waals surface area contributed by atoms with Crippen molar-refractivity contribution in [3.63, 3.8) is 0 Å². The number of aliphatic carboxylic acids is 1. The van der Waals surface area contributed by atoms with Gasteiger partial charge in [-0.05, 0) is 32.4 Å². The number of rotatable bonds is 2. The SMILES string of the molecule is CC(C)(C)OC(=O)n1ncc2ccc(CC(=O)O)cc21. The van der Waals surface area contributed by atoms with Gasteiger partial charge in [0.15, 0.2) is 0 Å². The van der Waals surface area contributed by atoms with Crippen molar-refractivity contribution in [3.8, 4) is 0 Å². The van der Waals surface area contributed by atoms with Crippen LogP contribution in [0.2, 0.25) is 0 Å². The zero-order chi connectivity index (χ0) is 14.9. The highest BCUT2D eigenvalue weighted by molar-refractivity contribution is 5.88. The average Bonchev–Trinajstić information content (AvgIpc) is 2.68. The molecule has 0 aliphatic heterocycles. The van der Waals surface area contributed by atoms with Crippen molar-refractivity contribution >= 4 is 23.0 Å². The van der Waals surface area contributed by atoms with E-state index in [9.17, 15) is 9.59 Å². The van der Waals surface area contributed by atoms with Crippen LogP contribution in [0.15, 0.2) is 24.4 Å². The third-order valence-corrected chi connectivity index (χ3v) is 2.56. The molecule has 0 fully saturated rings. The maximum atomic E-state index is 12.0. The molecule has 0 radical (unpaired) electrons. The molecule has 1 aromatic carbocycles. The number of hydrogen-bond donors (Lipinski definition) is 1. The molecule has 1 heterocycles. The van der Waals surface area contributed by atoms with E-state index < -0.39 is 17.7 Å². The number of fused-ring (bicyclic) bond motifs is 1. The van der Waals surface area contributed by atoms with E-state index in [1.165, 1.54) is 0 Å². The average molecular weight is 276 g/mol. The van der Waals surface area contributed by atoms with Gasteiger partial charge < -0.3 is 9.84 Å². The minimum Gasteiger partial charge on any atom is -0.481 e. The molecule has 0 atom stereocenters. The number of carbonyl (C=O) groups excluding carboxylic acids is 1. The van der Waals surface area contributed by atoms with Gasteiger partial charge in [-0.3, -0.25) is 4.79 Å². The molecular weight excluding hydrogens is 260 g/mol. The first-order valence-electron chi connectivity index (χ1n) is 6.18. The number of carbonyl (C=O) groups is 2. The first kappa shape index (κ1) is 14.0. The predicted octanol–water partition coefficient (Wildman–Crippen LogP) is 2.45. The second kappa shape index (κ2) is 4.96. The summed E-state index contributed by atoms with van der Waals surface area (Å²) in [4.78, 5) is 22.8. The minimum absolute atomic E-state index is 0.102. The Morgan fingerprint density at radius 2 is 2.05 bits per heavy atom. The largest absolute Gasteiger partial charge is 0.481 e. The van der Waals surface area contributed by atoms with E-state index in [-0.39, 0.29) is 6.42 Å². The number of nitrogens with zero attached hydrogens (tertiary/aromatic N) is 2. The smallest absolute Gasteiger partial charge is 0.435 e. The van der Waals surface area contributed by atoms with Crippen molar-refractivity contribution in [1.29, 1.82) is 0 Å². The van der Waals surface area contributed by atoms with Crippen molar-refractivity contribution in [2.45, 2.75) is 32.8 Å². The lowest BCUT2D eigenvalue weighted by Crippen LogP contribution is -2.27. The van der Waals surface area contributed by atoms with E-state index in [1.54, 1.807) is 45.2 Å². The first-order chi connectivity index (χ1) is 9.26. The number of aromatic nitrogens is 2. The summed E-state index contributed by atoms with van der Waals surface area (Å²) in [5, 5.41) is 13.6. The van der Waals surface area contributed by atoms with E-state index in [0.717, 1.165) is 10.1 Å². The van der Waals surface area contributed by atoms with Gasteiger partial charge in [-0.15, -0.1) is 0 Å². The minimum atomic E-state index is -0.923. The maximum absolute atomic E-state index is 12.0. The fraction of sp³-hybridized carbons (Fsp3) is 0.357. The highest BCUT2D eigenvalue weighted by Crippen LogP contribution is 2.18. The quantitative estimate of drug-likeness (QED) is 0.911. The highest BCUT2D eigenvalue weighted by Gasteiger charge is 2.20. The molecule has 0 aliphatic carbocycles. The molecule has 0 amide bonds. The summed E-state index contributed by atoms with van der Waals surface area (Å²) >= 11 is 0. The van der Waals surface area contributed by atoms with Crippen LogP contribution in [0.5, 0.6) is 0 Å². The zero-order valence-electron chi connectivity index (χ0n) is 11.6. The topological polar surface area (TPSA) is 81.4 Å². The summed E-state index contributed by atoms with van der Waals surface area (Å²) in [6.45, 7) is 5.31. The van der Waals surface area contributed by atoms with Gasteiger partial charge in [0, 0.05) is 5.39 Å². The van der Waals surface area contributed by atoms with Crippen LogP contribution in [-0.2, 0) is 16.0 Å². The lowest BCUT2D eigenvalue weighted by Gasteiger charge is -2.19. The maximum Gasteiger partial charge on any atom is 0.435 e. The van der Waals surface area contributed by atoms with Crippen LogP contribution in [0.1, 0.15) is 26.3 Å². The Bertz CT molecular complexity index is 667. The molecular formula is C14H16N2O4. The summed E-state index contributed by atoms with van der Waals surface area (Å²) in [5.74, 6) is -0.923. The Morgan fingerprint density at radius 1 is 1.35 bits per heavy atom. The lowest BCUT2D eigenvalue weighted by molar-refractivity contribution is -0.136. The lowest BCUT2D eigenvalue weighted by atomic mass is 10.1. The van der Waals surface area contributed by atoms with E-state index in [1.807, 2.05) is 0 Å². The van der Waals surface area contributed by atoms with Gasteiger partial charge in [-0.25, -0.2) is 4.79 Å². The molecule has 0 aliphatic rings. The molecule has 2 rings (SSSR count). The van der Waals surface area contributed by atoms with Crippen molar-refractivity contribution in [2.24, 2.45) is 0 Å². The van der Waals surface area contributed by atoms with Crippen molar-refractivity contribution in [3.05, 3.63) is 30.0 Å². The van der Waals surface area contributed by atoms with Crippen LogP contribution in [-0.4, -0.2) is 32.6 Å². The molecule has 20 heavy (non-hydrogen) atoms. The monoisotopic (exact) mass is 276 g/mol. The van der Waals surface area contributed by atoms with Crippen LogP contribution in [0.4, 0.5) is 4.79 Å².